The lowest BCUT2D eigenvalue weighted by atomic mass is 10.2. The number of ether oxygens (including phenoxy) is 1. The van der Waals surface area contributed by atoms with E-state index < -0.39 is 4.92 Å². The van der Waals surface area contributed by atoms with Crippen LogP contribution in [0.15, 0.2) is 27.6 Å². The molecular weight excluding hydrogens is 459 g/mol. The molecule has 29 heavy (non-hydrogen) atoms. The van der Waals surface area contributed by atoms with Crippen LogP contribution in [0.25, 0.3) is 0 Å². The van der Waals surface area contributed by atoms with Crippen LogP contribution in [-0.4, -0.2) is 59.6 Å². The summed E-state index contributed by atoms with van der Waals surface area (Å²) in [6.45, 7) is 4.28. The fourth-order valence-electron chi connectivity index (χ4n) is 2.99. The Kier molecular flexibility index (Phi) is 7.36. The Morgan fingerprint density at radius 1 is 1.45 bits per heavy atom. The number of pyridine rings is 1. The first-order valence-corrected chi connectivity index (χ1v) is 11.0. The molecule has 2 aromatic heterocycles. The van der Waals surface area contributed by atoms with Crippen molar-refractivity contribution in [2.24, 2.45) is 0 Å². The van der Waals surface area contributed by atoms with Gasteiger partial charge in [0.2, 0.25) is 0 Å². The minimum atomic E-state index is -0.523. The van der Waals surface area contributed by atoms with Gasteiger partial charge in [0.1, 0.15) is 9.09 Å². The molecule has 2 aromatic rings. The zero-order valence-electron chi connectivity index (χ0n) is 15.6. The quantitative estimate of drug-likeness (QED) is 0.476. The summed E-state index contributed by atoms with van der Waals surface area (Å²) >= 11 is 14.3. The average molecular weight is 477 g/mol. The third kappa shape index (κ3) is 5.01. The second kappa shape index (κ2) is 9.59. The molecule has 8 nitrogen and oxygen atoms in total. The highest BCUT2D eigenvalue weighted by molar-refractivity contribution is 8.01. The Morgan fingerprint density at radius 3 is 2.72 bits per heavy atom. The number of carbonyl (C=O) groups excluding carboxylic acids is 1. The van der Waals surface area contributed by atoms with Crippen molar-refractivity contribution in [1.29, 1.82) is 0 Å². The first-order valence-electron chi connectivity index (χ1n) is 8.65. The van der Waals surface area contributed by atoms with Gasteiger partial charge in [-0.1, -0.05) is 41.9 Å². The van der Waals surface area contributed by atoms with Crippen LogP contribution in [-0.2, 0) is 4.74 Å². The summed E-state index contributed by atoms with van der Waals surface area (Å²) in [6.07, 6.45) is 2.69. The van der Waals surface area contributed by atoms with Crippen molar-refractivity contribution in [1.82, 2.24) is 15.2 Å². The van der Waals surface area contributed by atoms with Gasteiger partial charge in [0.05, 0.1) is 32.0 Å². The standard InChI is InChI=1S/C17H18Cl2N4O4S2/c1-3-22-7-11(13(8-22)27-2)21-16(24)14-4-12(23(25)26)17(28-14)29-15-9(18)5-20-6-10(15)19/h4-6,11,13H,3,7-8H2,1-2H3,(H,21,24)/t11-,13-/m0/s1. The second-order valence-corrected chi connectivity index (χ2v) is 9.43. The Morgan fingerprint density at radius 2 is 2.14 bits per heavy atom. The van der Waals surface area contributed by atoms with Gasteiger partial charge in [0.25, 0.3) is 11.6 Å². The van der Waals surface area contributed by atoms with Crippen molar-refractivity contribution in [3.63, 3.8) is 0 Å². The van der Waals surface area contributed by atoms with Gasteiger partial charge in [-0.15, -0.1) is 11.3 Å². The average Bonchev–Trinajstić information content (AvgIpc) is 3.28. The summed E-state index contributed by atoms with van der Waals surface area (Å²) in [7, 11) is 1.61. The van der Waals surface area contributed by atoms with Gasteiger partial charge in [-0.3, -0.25) is 24.8 Å². The molecule has 3 rings (SSSR count). The maximum absolute atomic E-state index is 12.8. The van der Waals surface area contributed by atoms with E-state index in [0.717, 1.165) is 36.2 Å². The third-order valence-corrected chi connectivity index (χ3v) is 7.77. The summed E-state index contributed by atoms with van der Waals surface area (Å²) in [6, 6.07) is 1.09. The van der Waals surface area contributed by atoms with Crippen LogP contribution in [0.3, 0.4) is 0 Å². The number of rotatable bonds is 7. The summed E-state index contributed by atoms with van der Waals surface area (Å²) in [4.78, 5) is 30.5. The van der Waals surface area contributed by atoms with Crippen LogP contribution in [0.2, 0.25) is 10.0 Å². The van der Waals surface area contributed by atoms with Gasteiger partial charge >= 0.3 is 0 Å². The highest BCUT2D eigenvalue weighted by atomic mass is 35.5. The molecule has 156 valence electrons. The number of nitrogens with zero attached hydrogens (tertiary/aromatic N) is 3. The van der Waals surface area contributed by atoms with E-state index in [1.54, 1.807) is 7.11 Å². The number of thiophene rings is 1. The van der Waals surface area contributed by atoms with Crippen LogP contribution in [0.5, 0.6) is 0 Å². The van der Waals surface area contributed by atoms with E-state index in [1.165, 1.54) is 18.5 Å². The lowest BCUT2D eigenvalue weighted by Crippen LogP contribution is -2.43. The summed E-state index contributed by atoms with van der Waals surface area (Å²) in [5, 5.41) is 15.0. The summed E-state index contributed by atoms with van der Waals surface area (Å²) < 4.78 is 5.78. The molecule has 12 heteroatoms. The maximum Gasteiger partial charge on any atom is 0.294 e. The molecule has 3 heterocycles. The van der Waals surface area contributed by atoms with Crippen molar-refractivity contribution in [2.75, 3.05) is 26.7 Å². The third-order valence-electron chi connectivity index (χ3n) is 4.51. The fourth-order valence-corrected chi connectivity index (χ4v) is 5.76. The largest absolute Gasteiger partial charge is 0.378 e. The fraction of sp³-hybridized carbons (Fsp3) is 0.412. The number of aromatic nitrogens is 1. The molecule has 0 aliphatic carbocycles. The molecule has 2 atom stereocenters. The van der Waals surface area contributed by atoms with Gasteiger partial charge in [-0.25, -0.2) is 0 Å². The van der Waals surface area contributed by atoms with E-state index in [1.807, 2.05) is 6.92 Å². The molecule has 0 bridgehead atoms. The van der Waals surface area contributed by atoms with E-state index in [9.17, 15) is 14.9 Å². The molecule has 0 radical (unpaired) electrons. The monoisotopic (exact) mass is 476 g/mol. The van der Waals surface area contributed by atoms with Crippen LogP contribution in [0, 0.1) is 10.1 Å². The van der Waals surface area contributed by atoms with Gasteiger partial charge in [0, 0.05) is 38.7 Å². The summed E-state index contributed by atoms with van der Waals surface area (Å²) in [5.41, 5.74) is -0.168. The van der Waals surface area contributed by atoms with Crippen molar-refractivity contribution in [3.05, 3.63) is 43.5 Å². The van der Waals surface area contributed by atoms with Crippen LogP contribution < -0.4 is 5.32 Å². The predicted octanol–water partition coefficient (Wildman–Crippen LogP) is 3.96. The van der Waals surface area contributed by atoms with E-state index in [2.05, 4.69) is 15.2 Å². The molecule has 1 aliphatic rings. The lowest BCUT2D eigenvalue weighted by molar-refractivity contribution is -0.387. The van der Waals surface area contributed by atoms with E-state index in [-0.39, 0.29) is 38.7 Å². The van der Waals surface area contributed by atoms with Crippen molar-refractivity contribution >= 4 is 57.9 Å². The number of carbonyl (C=O) groups is 1. The Hall–Kier alpha value is -1.43. The topological polar surface area (TPSA) is 97.6 Å². The van der Waals surface area contributed by atoms with Crippen molar-refractivity contribution in [2.45, 2.75) is 28.2 Å². The normalized spacial score (nSPS) is 19.4. The highest BCUT2D eigenvalue weighted by Gasteiger charge is 2.34. The van der Waals surface area contributed by atoms with Gasteiger partial charge in [-0.2, -0.15) is 0 Å². The smallest absolute Gasteiger partial charge is 0.294 e. The number of likely N-dealkylation sites (N-methyl/N-ethyl adjacent to an activating group) is 1. The highest BCUT2D eigenvalue weighted by Crippen LogP contribution is 2.45. The molecule has 1 N–H and O–H groups in total. The Bertz CT molecular complexity index is 907. The number of hydrogen-bond acceptors (Lipinski definition) is 8. The summed E-state index contributed by atoms with van der Waals surface area (Å²) in [5.74, 6) is -0.373. The molecule has 0 aromatic carbocycles. The number of methoxy groups -OCH3 is 1. The van der Waals surface area contributed by atoms with Crippen molar-refractivity contribution in [3.8, 4) is 0 Å². The van der Waals surface area contributed by atoms with Gasteiger partial charge in [0.15, 0.2) is 0 Å². The maximum atomic E-state index is 12.8. The molecule has 1 fully saturated rings. The Labute approximate surface area is 185 Å². The van der Waals surface area contributed by atoms with E-state index >= 15 is 0 Å². The second-order valence-electron chi connectivity index (χ2n) is 6.28. The lowest BCUT2D eigenvalue weighted by Gasteiger charge is -2.17. The number of halogens is 2. The van der Waals surface area contributed by atoms with Gasteiger partial charge < -0.3 is 10.1 Å². The zero-order chi connectivity index (χ0) is 21.1. The van der Waals surface area contributed by atoms with Crippen LogP contribution >= 0.6 is 46.3 Å². The minimum Gasteiger partial charge on any atom is -0.378 e. The minimum absolute atomic E-state index is 0.128. The molecule has 1 aliphatic heterocycles. The molecule has 1 amide bonds. The Balaban J connectivity index is 1.83. The zero-order valence-corrected chi connectivity index (χ0v) is 18.7. The van der Waals surface area contributed by atoms with E-state index in [0.29, 0.717) is 15.6 Å². The first kappa shape index (κ1) is 22.3. The number of amides is 1. The number of hydrogen-bond donors (Lipinski definition) is 1. The van der Waals surface area contributed by atoms with Crippen LogP contribution in [0.4, 0.5) is 5.69 Å². The SMILES string of the molecule is CCN1C[C@H](NC(=O)c2cc([N+](=O)[O-])c(Sc3c(Cl)cncc3Cl)s2)[C@@H](OC)C1. The van der Waals surface area contributed by atoms with E-state index in [4.69, 9.17) is 27.9 Å². The van der Waals surface area contributed by atoms with Crippen LogP contribution in [0.1, 0.15) is 16.6 Å². The first-order chi connectivity index (χ1) is 13.8. The molecule has 1 saturated heterocycles. The number of nitrogens with one attached hydrogen (secondary N) is 1. The number of likely N-dealkylation sites (tertiary alicyclic amines) is 1. The number of nitro groups is 1. The molecule has 0 saturated carbocycles. The molecule has 0 unspecified atom stereocenters. The van der Waals surface area contributed by atoms with Gasteiger partial charge in [-0.05, 0) is 6.54 Å². The molecular formula is C17H18Cl2N4O4S2. The molecule has 0 spiro atoms. The predicted molar refractivity (Wildman–Crippen MR) is 114 cm³/mol. The van der Waals surface area contributed by atoms with Crippen molar-refractivity contribution < 1.29 is 14.5 Å².